The summed E-state index contributed by atoms with van der Waals surface area (Å²) in [7, 11) is 0. The number of benzene rings is 2. The lowest BCUT2D eigenvalue weighted by molar-refractivity contribution is -0.151. The van der Waals surface area contributed by atoms with E-state index in [0.29, 0.717) is 12.2 Å². The van der Waals surface area contributed by atoms with Crippen LogP contribution in [0.1, 0.15) is 36.1 Å². The average Bonchev–Trinajstić information content (AvgIpc) is 3.11. The molecule has 0 bridgehead atoms. The molecule has 0 spiro atoms. The zero-order chi connectivity index (χ0) is 21.0. The lowest BCUT2D eigenvalue weighted by Crippen LogP contribution is -2.30. The molecule has 0 aliphatic carbocycles. The Morgan fingerprint density at radius 3 is 2.59 bits per heavy atom. The number of carbonyl (C=O) groups is 3. The van der Waals surface area contributed by atoms with Gasteiger partial charge in [-0.05, 0) is 43.5 Å². The molecule has 1 aliphatic rings. The minimum atomic E-state index is -0.554. The maximum atomic E-state index is 12.4. The van der Waals surface area contributed by atoms with Crippen molar-refractivity contribution in [1.29, 1.82) is 0 Å². The molecule has 2 atom stereocenters. The van der Waals surface area contributed by atoms with Crippen LogP contribution < -0.4 is 5.32 Å². The fourth-order valence-corrected chi connectivity index (χ4v) is 3.50. The molecule has 2 aromatic carbocycles. The van der Waals surface area contributed by atoms with Crippen molar-refractivity contribution in [2.45, 2.75) is 33.2 Å². The van der Waals surface area contributed by atoms with Crippen LogP contribution in [0.15, 0.2) is 48.5 Å². The van der Waals surface area contributed by atoms with Gasteiger partial charge in [-0.2, -0.15) is 0 Å². The summed E-state index contributed by atoms with van der Waals surface area (Å²) in [6.07, 6.45) is 0.106. The van der Waals surface area contributed by atoms with E-state index in [0.717, 1.165) is 16.7 Å². The number of anilines is 1. The number of esters is 1. The minimum absolute atomic E-state index is 0.0804. The van der Waals surface area contributed by atoms with Gasteiger partial charge in [-0.1, -0.05) is 42.5 Å². The third-order valence-electron chi connectivity index (χ3n) is 5.47. The molecule has 1 aliphatic heterocycles. The van der Waals surface area contributed by atoms with Crippen molar-refractivity contribution in [3.63, 3.8) is 0 Å². The highest BCUT2D eigenvalue weighted by Crippen LogP contribution is 2.29. The van der Waals surface area contributed by atoms with E-state index < -0.39 is 17.8 Å². The van der Waals surface area contributed by atoms with E-state index in [4.69, 9.17) is 4.74 Å². The maximum Gasteiger partial charge on any atom is 0.311 e. The van der Waals surface area contributed by atoms with Crippen molar-refractivity contribution >= 4 is 23.5 Å². The van der Waals surface area contributed by atoms with Gasteiger partial charge in [0.1, 0.15) is 0 Å². The second kappa shape index (κ2) is 8.90. The molecule has 0 aromatic heterocycles. The number of nitrogens with one attached hydrogen (secondary N) is 1. The maximum absolute atomic E-state index is 12.4. The number of hydrogen-bond acceptors (Lipinski definition) is 4. The van der Waals surface area contributed by atoms with Gasteiger partial charge in [-0.3, -0.25) is 14.4 Å². The van der Waals surface area contributed by atoms with E-state index in [2.05, 4.69) is 5.32 Å². The Labute approximate surface area is 170 Å². The van der Waals surface area contributed by atoms with Crippen molar-refractivity contribution in [3.05, 3.63) is 65.2 Å². The van der Waals surface area contributed by atoms with E-state index in [1.165, 1.54) is 0 Å². The Morgan fingerprint density at radius 2 is 1.86 bits per heavy atom. The number of rotatable bonds is 6. The first-order valence-electron chi connectivity index (χ1n) is 9.74. The first-order valence-corrected chi connectivity index (χ1v) is 9.74. The molecule has 0 unspecified atom stereocenters. The van der Waals surface area contributed by atoms with Crippen molar-refractivity contribution in [2.75, 3.05) is 18.5 Å². The van der Waals surface area contributed by atoms with Crippen molar-refractivity contribution in [3.8, 4) is 0 Å². The van der Waals surface area contributed by atoms with E-state index >= 15 is 0 Å². The number of aryl methyl sites for hydroxylation is 1. The fourth-order valence-electron chi connectivity index (χ4n) is 3.50. The second-order valence-corrected chi connectivity index (χ2v) is 7.44. The molecule has 0 saturated carbocycles. The highest BCUT2D eigenvalue weighted by molar-refractivity contribution is 5.94. The van der Waals surface area contributed by atoms with Gasteiger partial charge >= 0.3 is 5.97 Å². The van der Waals surface area contributed by atoms with Crippen LogP contribution >= 0.6 is 0 Å². The molecule has 29 heavy (non-hydrogen) atoms. The predicted molar refractivity (Wildman–Crippen MR) is 110 cm³/mol. The van der Waals surface area contributed by atoms with Gasteiger partial charge in [-0.25, -0.2) is 0 Å². The molecule has 1 saturated heterocycles. The van der Waals surface area contributed by atoms with Crippen LogP contribution in [0.2, 0.25) is 0 Å². The zero-order valence-electron chi connectivity index (χ0n) is 17.0. The van der Waals surface area contributed by atoms with Gasteiger partial charge in [-0.15, -0.1) is 0 Å². The van der Waals surface area contributed by atoms with Crippen LogP contribution in [0, 0.1) is 19.8 Å². The summed E-state index contributed by atoms with van der Waals surface area (Å²) in [6.45, 7) is 5.75. The molecular formula is C23H26N2O4. The Bertz CT molecular complexity index is 910. The summed E-state index contributed by atoms with van der Waals surface area (Å²) in [5.41, 5.74) is 3.75. The summed E-state index contributed by atoms with van der Waals surface area (Å²) in [5.74, 6) is -1.55. The molecule has 6 nitrogen and oxygen atoms in total. The number of carbonyl (C=O) groups excluding carboxylic acids is 3. The first-order chi connectivity index (χ1) is 13.9. The monoisotopic (exact) mass is 394 g/mol. The second-order valence-electron chi connectivity index (χ2n) is 7.44. The molecule has 152 valence electrons. The molecule has 6 heteroatoms. The molecule has 1 fully saturated rings. The van der Waals surface area contributed by atoms with E-state index in [-0.39, 0.29) is 25.0 Å². The number of ether oxygens (including phenoxy) is 1. The summed E-state index contributed by atoms with van der Waals surface area (Å²) in [6, 6.07) is 15.2. The normalized spacial score (nSPS) is 17.1. The Hall–Kier alpha value is -3.15. The number of likely N-dealkylation sites (tertiary alicyclic amines) is 1. The van der Waals surface area contributed by atoms with Crippen LogP contribution in [0.5, 0.6) is 0 Å². The lowest BCUT2D eigenvalue weighted by Gasteiger charge is -2.25. The van der Waals surface area contributed by atoms with Crippen molar-refractivity contribution < 1.29 is 19.1 Å². The van der Waals surface area contributed by atoms with Gasteiger partial charge in [0, 0.05) is 18.7 Å². The Balaban J connectivity index is 1.53. The van der Waals surface area contributed by atoms with Crippen molar-refractivity contribution in [2.24, 2.45) is 5.92 Å². The number of amides is 2. The van der Waals surface area contributed by atoms with Crippen LogP contribution in [0.4, 0.5) is 5.69 Å². The summed E-state index contributed by atoms with van der Waals surface area (Å²) in [4.78, 5) is 38.6. The number of hydrogen-bond donors (Lipinski definition) is 1. The quantitative estimate of drug-likeness (QED) is 0.762. The van der Waals surface area contributed by atoms with Gasteiger partial charge in [0.15, 0.2) is 6.61 Å². The smallest absolute Gasteiger partial charge is 0.311 e. The largest absolute Gasteiger partial charge is 0.455 e. The average molecular weight is 394 g/mol. The minimum Gasteiger partial charge on any atom is -0.455 e. The van der Waals surface area contributed by atoms with E-state index in [1.807, 2.05) is 63.2 Å². The van der Waals surface area contributed by atoms with Crippen LogP contribution in [-0.2, 0) is 19.1 Å². The Morgan fingerprint density at radius 1 is 1.14 bits per heavy atom. The van der Waals surface area contributed by atoms with Crippen molar-refractivity contribution in [1.82, 2.24) is 4.90 Å². The van der Waals surface area contributed by atoms with E-state index in [1.54, 1.807) is 11.0 Å². The number of nitrogens with zero attached hydrogens (tertiary/aromatic N) is 1. The molecule has 2 aromatic rings. The molecule has 0 radical (unpaired) electrons. The third-order valence-corrected chi connectivity index (χ3v) is 5.47. The molecular weight excluding hydrogens is 368 g/mol. The predicted octanol–water partition coefficient (Wildman–Crippen LogP) is 3.39. The fraction of sp³-hybridized carbons (Fsp3) is 0.348. The van der Waals surface area contributed by atoms with Gasteiger partial charge in [0.25, 0.3) is 5.91 Å². The third kappa shape index (κ3) is 4.83. The molecule has 2 amide bonds. The molecule has 1 heterocycles. The summed E-state index contributed by atoms with van der Waals surface area (Å²) < 4.78 is 5.18. The van der Waals surface area contributed by atoms with E-state index in [9.17, 15) is 14.4 Å². The van der Waals surface area contributed by atoms with Crippen LogP contribution in [-0.4, -0.2) is 35.8 Å². The van der Waals surface area contributed by atoms with Gasteiger partial charge < -0.3 is 15.0 Å². The zero-order valence-corrected chi connectivity index (χ0v) is 17.0. The SMILES string of the molecule is Cc1cccc(NC(=O)COC(=O)[C@@H]2CC(=O)N([C@H](C)c3ccccc3)C2)c1C. The van der Waals surface area contributed by atoms with Crippen LogP contribution in [0.25, 0.3) is 0 Å². The topological polar surface area (TPSA) is 75.7 Å². The van der Waals surface area contributed by atoms with Crippen LogP contribution in [0.3, 0.4) is 0 Å². The van der Waals surface area contributed by atoms with Gasteiger partial charge in [0.05, 0.1) is 12.0 Å². The summed E-state index contributed by atoms with van der Waals surface area (Å²) in [5, 5.41) is 2.76. The molecule has 3 rings (SSSR count). The highest BCUT2D eigenvalue weighted by atomic mass is 16.5. The standard InChI is InChI=1S/C23H26N2O4/c1-15-8-7-11-20(16(15)2)24-21(26)14-29-23(28)19-12-22(27)25(13-19)17(3)18-9-5-4-6-10-18/h4-11,17,19H,12-14H2,1-3H3,(H,24,26)/t17-,19-/m1/s1. The highest BCUT2D eigenvalue weighted by Gasteiger charge is 2.38. The Kier molecular flexibility index (Phi) is 6.32. The summed E-state index contributed by atoms with van der Waals surface area (Å²) >= 11 is 0. The lowest BCUT2D eigenvalue weighted by atomic mass is 10.1. The first kappa shape index (κ1) is 20.6. The molecule has 1 N–H and O–H groups in total. The van der Waals surface area contributed by atoms with Gasteiger partial charge in [0.2, 0.25) is 5.91 Å².